The molecule has 3 N–H and O–H groups in total. The third kappa shape index (κ3) is 3.18. The number of hydrogen-bond acceptors (Lipinski definition) is 4. The summed E-state index contributed by atoms with van der Waals surface area (Å²) in [4.78, 5) is 11.6. The summed E-state index contributed by atoms with van der Waals surface area (Å²) >= 11 is 1.05. The Kier molecular flexibility index (Phi) is 4.74. The van der Waals surface area contributed by atoms with E-state index in [4.69, 9.17) is 5.73 Å². The van der Waals surface area contributed by atoms with E-state index in [2.05, 4.69) is 4.72 Å². The molecule has 0 radical (unpaired) electrons. The van der Waals surface area contributed by atoms with E-state index in [9.17, 15) is 26.4 Å². The lowest BCUT2D eigenvalue weighted by atomic mass is 9.88. The zero-order valence-corrected chi connectivity index (χ0v) is 15.2. The standard InChI is InChI=1S/C16H15F3N2O3S2/c1-7-2-3-8-10(6-7)25-16(12(8)15(20)22)21-26(23,24)11-5-4-9(17)13(18)14(11)19/h4-5,7,21H,2-3,6H2,1H3,(H2,20,22)/t7-/m0/s1. The van der Waals surface area contributed by atoms with Gasteiger partial charge >= 0.3 is 0 Å². The molecule has 1 amide bonds. The Morgan fingerprint density at radius 3 is 2.62 bits per heavy atom. The normalized spacial score (nSPS) is 17.0. The summed E-state index contributed by atoms with van der Waals surface area (Å²) in [6.07, 6.45) is 2.07. The first-order valence-electron chi connectivity index (χ1n) is 7.72. The number of carbonyl (C=O) groups excluding carboxylic acids is 1. The van der Waals surface area contributed by atoms with Crippen LogP contribution in [-0.2, 0) is 22.9 Å². The van der Waals surface area contributed by atoms with E-state index in [0.29, 0.717) is 36.5 Å². The molecule has 0 saturated heterocycles. The molecule has 1 atom stereocenters. The van der Waals surface area contributed by atoms with Gasteiger partial charge in [-0.25, -0.2) is 21.6 Å². The summed E-state index contributed by atoms with van der Waals surface area (Å²) in [6.45, 7) is 2.03. The number of primary amides is 1. The van der Waals surface area contributed by atoms with Crippen LogP contribution in [0, 0.1) is 23.4 Å². The molecule has 1 aliphatic carbocycles. The predicted molar refractivity (Wildman–Crippen MR) is 91.2 cm³/mol. The molecule has 26 heavy (non-hydrogen) atoms. The lowest BCUT2D eigenvalue weighted by Crippen LogP contribution is -2.20. The largest absolute Gasteiger partial charge is 0.365 e. The summed E-state index contributed by atoms with van der Waals surface area (Å²) < 4.78 is 67.3. The van der Waals surface area contributed by atoms with Crippen LogP contribution >= 0.6 is 11.3 Å². The maximum Gasteiger partial charge on any atom is 0.265 e. The Balaban J connectivity index is 2.06. The molecule has 0 fully saturated rings. The number of amides is 1. The van der Waals surface area contributed by atoms with Gasteiger partial charge in [-0.1, -0.05) is 6.92 Å². The average Bonchev–Trinajstić information content (AvgIpc) is 2.88. The van der Waals surface area contributed by atoms with Crippen LogP contribution in [0.2, 0.25) is 0 Å². The van der Waals surface area contributed by atoms with Gasteiger partial charge in [0.1, 0.15) is 9.90 Å². The third-order valence-electron chi connectivity index (χ3n) is 4.27. The number of benzene rings is 1. The Bertz CT molecular complexity index is 1000. The van der Waals surface area contributed by atoms with Gasteiger partial charge in [0.15, 0.2) is 17.5 Å². The number of rotatable bonds is 4. The van der Waals surface area contributed by atoms with E-state index in [1.807, 2.05) is 6.92 Å². The summed E-state index contributed by atoms with van der Waals surface area (Å²) in [5, 5.41) is -0.0410. The molecule has 0 saturated carbocycles. The fourth-order valence-corrected chi connectivity index (χ4v) is 5.77. The van der Waals surface area contributed by atoms with Gasteiger partial charge in [0.05, 0.1) is 5.56 Å². The van der Waals surface area contributed by atoms with Crippen LogP contribution in [0.4, 0.5) is 18.2 Å². The van der Waals surface area contributed by atoms with Crippen LogP contribution in [0.1, 0.15) is 34.1 Å². The second kappa shape index (κ2) is 6.58. The van der Waals surface area contributed by atoms with Crippen LogP contribution in [-0.4, -0.2) is 14.3 Å². The number of carbonyl (C=O) groups is 1. The molecule has 0 bridgehead atoms. The van der Waals surface area contributed by atoms with Crippen LogP contribution < -0.4 is 10.5 Å². The quantitative estimate of drug-likeness (QED) is 0.767. The van der Waals surface area contributed by atoms with Crippen molar-refractivity contribution in [3.63, 3.8) is 0 Å². The number of sulfonamides is 1. The molecule has 0 unspecified atom stereocenters. The molecule has 3 rings (SSSR count). The first-order valence-corrected chi connectivity index (χ1v) is 10.0. The van der Waals surface area contributed by atoms with E-state index in [0.717, 1.165) is 22.6 Å². The zero-order valence-electron chi connectivity index (χ0n) is 13.6. The van der Waals surface area contributed by atoms with Crippen LogP contribution in [0.3, 0.4) is 0 Å². The first-order chi connectivity index (χ1) is 12.1. The third-order valence-corrected chi connectivity index (χ3v) is 6.94. The van der Waals surface area contributed by atoms with Gasteiger partial charge in [-0.05, 0) is 42.9 Å². The Morgan fingerprint density at radius 1 is 1.27 bits per heavy atom. The van der Waals surface area contributed by atoms with Gasteiger partial charge in [-0.3, -0.25) is 9.52 Å². The maximum absolute atomic E-state index is 13.9. The van der Waals surface area contributed by atoms with E-state index in [-0.39, 0.29) is 10.6 Å². The van der Waals surface area contributed by atoms with E-state index in [1.54, 1.807) is 0 Å². The molecule has 1 aliphatic rings. The lowest BCUT2D eigenvalue weighted by molar-refractivity contribution is 0.100. The molecule has 140 valence electrons. The highest BCUT2D eigenvalue weighted by Crippen LogP contribution is 2.40. The molecular formula is C16H15F3N2O3S2. The minimum Gasteiger partial charge on any atom is -0.365 e. The Morgan fingerprint density at radius 2 is 1.96 bits per heavy atom. The fourth-order valence-electron chi connectivity index (χ4n) is 2.98. The summed E-state index contributed by atoms with van der Waals surface area (Å²) in [6, 6.07) is 1.14. The second-order valence-corrected chi connectivity index (χ2v) is 8.96. The van der Waals surface area contributed by atoms with E-state index < -0.39 is 38.3 Å². The highest BCUT2D eigenvalue weighted by molar-refractivity contribution is 7.93. The Labute approximate surface area is 152 Å². The number of fused-ring (bicyclic) bond motifs is 1. The molecule has 2 aromatic rings. The molecule has 1 aromatic carbocycles. The maximum atomic E-state index is 13.9. The monoisotopic (exact) mass is 404 g/mol. The van der Waals surface area contributed by atoms with Gasteiger partial charge in [0.25, 0.3) is 15.9 Å². The number of anilines is 1. The summed E-state index contributed by atoms with van der Waals surface area (Å²) in [7, 11) is -4.58. The molecule has 0 aliphatic heterocycles. The van der Waals surface area contributed by atoms with Crippen LogP contribution in [0.5, 0.6) is 0 Å². The topological polar surface area (TPSA) is 89.3 Å². The van der Waals surface area contributed by atoms with Crippen molar-refractivity contribution >= 4 is 32.3 Å². The SMILES string of the molecule is C[C@H]1CCc2c(sc(NS(=O)(=O)c3ccc(F)c(F)c3F)c2C(N)=O)C1. The molecule has 5 nitrogen and oxygen atoms in total. The Hall–Kier alpha value is -2.07. The van der Waals surface area contributed by atoms with Gasteiger partial charge in [0, 0.05) is 4.88 Å². The van der Waals surface area contributed by atoms with Crippen molar-refractivity contribution in [2.24, 2.45) is 11.7 Å². The lowest BCUT2D eigenvalue weighted by Gasteiger charge is -2.18. The highest BCUT2D eigenvalue weighted by atomic mass is 32.2. The molecule has 0 spiro atoms. The number of thiophene rings is 1. The van der Waals surface area contributed by atoms with Crippen molar-refractivity contribution in [1.29, 1.82) is 0 Å². The molecule has 10 heteroatoms. The first kappa shape index (κ1) is 18.7. The van der Waals surface area contributed by atoms with Gasteiger partial charge in [-0.2, -0.15) is 0 Å². The van der Waals surface area contributed by atoms with Gasteiger partial charge in [0.2, 0.25) is 0 Å². The van der Waals surface area contributed by atoms with Crippen LogP contribution in [0.25, 0.3) is 0 Å². The summed E-state index contributed by atoms with van der Waals surface area (Å²) in [5.41, 5.74) is 6.13. The van der Waals surface area contributed by atoms with E-state index >= 15 is 0 Å². The average molecular weight is 404 g/mol. The van der Waals surface area contributed by atoms with Crippen molar-refractivity contribution < 1.29 is 26.4 Å². The second-order valence-electron chi connectivity index (χ2n) is 6.20. The van der Waals surface area contributed by atoms with Crippen molar-refractivity contribution in [2.45, 2.75) is 31.1 Å². The minimum absolute atomic E-state index is 0.0410. The molecule has 1 heterocycles. The number of halogens is 3. The minimum atomic E-state index is -4.58. The molecule has 1 aromatic heterocycles. The van der Waals surface area contributed by atoms with Crippen molar-refractivity contribution in [3.8, 4) is 0 Å². The van der Waals surface area contributed by atoms with Crippen LogP contribution in [0.15, 0.2) is 17.0 Å². The van der Waals surface area contributed by atoms with Gasteiger partial charge < -0.3 is 5.73 Å². The smallest absolute Gasteiger partial charge is 0.265 e. The zero-order chi connectivity index (χ0) is 19.2. The fraction of sp³-hybridized carbons (Fsp3) is 0.312. The van der Waals surface area contributed by atoms with Gasteiger partial charge in [-0.15, -0.1) is 11.3 Å². The van der Waals surface area contributed by atoms with Crippen molar-refractivity contribution in [3.05, 3.63) is 45.6 Å². The summed E-state index contributed by atoms with van der Waals surface area (Å²) in [5.74, 6) is -5.65. The van der Waals surface area contributed by atoms with Crippen molar-refractivity contribution in [2.75, 3.05) is 4.72 Å². The highest BCUT2D eigenvalue weighted by Gasteiger charge is 2.30. The van der Waals surface area contributed by atoms with Crippen molar-refractivity contribution in [1.82, 2.24) is 0 Å². The number of hydrogen-bond donors (Lipinski definition) is 2. The predicted octanol–water partition coefficient (Wildman–Crippen LogP) is 3.19. The number of nitrogens with one attached hydrogen (secondary N) is 1. The molecular weight excluding hydrogens is 389 g/mol. The van der Waals surface area contributed by atoms with E-state index in [1.165, 1.54) is 0 Å². The number of nitrogens with two attached hydrogens (primary N) is 1.